The Bertz CT molecular complexity index is 603. The van der Waals surface area contributed by atoms with Crippen molar-refractivity contribution < 1.29 is 27.6 Å². The third-order valence-corrected chi connectivity index (χ3v) is 3.58. The van der Waals surface area contributed by atoms with Crippen LogP contribution in [0.2, 0.25) is 0 Å². The third kappa shape index (κ3) is 3.12. The van der Waals surface area contributed by atoms with Crippen molar-refractivity contribution in [3.63, 3.8) is 0 Å². The molecule has 0 aliphatic carbocycles. The number of hydrogen-bond acceptors (Lipinski definition) is 4. The number of likely N-dealkylation sites (tertiary alicyclic amines) is 1. The van der Waals surface area contributed by atoms with Gasteiger partial charge in [0.25, 0.3) is 5.69 Å². The first-order valence-corrected chi connectivity index (χ1v) is 6.42. The Morgan fingerprint density at radius 2 is 2.14 bits per heavy atom. The minimum absolute atomic E-state index is 0.0468. The smallest absolute Gasteiger partial charge is 0.471 e. The molecule has 1 aliphatic rings. The Kier molecular flexibility index (Phi) is 4.25. The van der Waals surface area contributed by atoms with Gasteiger partial charge in [0.1, 0.15) is 5.75 Å². The van der Waals surface area contributed by atoms with Gasteiger partial charge in [0, 0.05) is 36.7 Å². The number of non-ortho nitro benzene ring substituents is 1. The number of hydrogen-bond donors (Lipinski definition) is 0. The molecule has 0 aromatic heterocycles. The van der Waals surface area contributed by atoms with Gasteiger partial charge in [0.15, 0.2) is 0 Å². The minimum atomic E-state index is -4.92. The molecule has 0 N–H and O–H groups in total. The summed E-state index contributed by atoms with van der Waals surface area (Å²) in [7, 11) is 1.37. The van der Waals surface area contributed by atoms with Gasteiger partial charge in [-0.15, -0.1) is 0 Å². The maximum absolute atomic E-state index is 12.4. The molecule has 9 heteroatoms. The lowest BCUT2D eigenvalue weighted by molar-refractivity contribution is -0.385. The summed E-state index contributed by atoms with van der Waals surface area (Å²) in [5.74, 6) is -1.96. The van der Waals surface area contributed by atoms with E-state index in [-0.39, 0.29) is 18.8 Å². The number of methoxy groups -OCH3 is 1. The number of halogens is 3. The number of ether oxygens (including phenoxy) is 1. The van der Waals surface area contributed by atoms with Crippen LogP contribution >= 0.6 is 0 Å². The van der Waals surface area contributed by atoms with Gasteiger partial charge in [-0.1, -0.05) is 0 Å². The van der Waals surface area contributed by atoms with Gasteiger partial charge in [0.2, 0.25) is 0 Å². The molecule has 1 aromatic rings. The summed E-state index contributed by atoms with van der Waals surface area (Å²) in [5.41, 5.74) is 0.269. The summed E-state index contributed by atoms with van der Waals surface area (Å²) in [5, 5.41) is 10.8. The number of nitrogens with zero attached hydrogens (tertiary/aromatic N) is 2. The molecule has 1 fully saturated rings. The van der Waals surface area contributed by atoms with Crippen molar-refractivity contribution in [3.8, 4) is 5.75 Å². The zero-order valence-electron chi connectivity index (χ0n) is 11.6. The van der Waals surface area contributed by atoms with E-state index in [0.717, 1.165) is 0 Å². The molecule has 1 unspecified atom stereocenters. The van der Waals surface area contributed by atoms with E-state index in [0.29, 0.717) is 22.6 Å². The van der Waals surface area contributed by atoms with Crippen molar-refractivity contribution in [2.24, 2.45) is 0 Å². The normalized spacial score (nSPS) is 18.4. The Morgan fingerprint density at radius 3 is 2.68 bits per heavy atom. The number of nitro groups is 1. The largest absolute Gasteiger partial charge is 0.496 e. The number of amides is 1. The van der Waals surface area contributed by atoms with Crippen molar-refractivity contribution >= 4 is 11.6 Å². The average molecular weight is 318 g/mol. The number of benzene rings is 1. The Morgan fingerprint density at radius 1 is 1.45 bits per heavy atom. The Hall–Kier alpha value is -2.32. The van der Waals surface area contributed by atoms with Crippen LogP contribution in [0.5, 0.6) is 5.75 Å². The molecule has 1 saturated heterocycles. The molecule has 1 heterocycles. The maximum Gasteiger partial charge on any atom is 0.471 e. The molecule has 1 amide bonds. The number of rotatable bonds is 3. The molecular formula is C13H13F3N2O4. The molecule has 1 aromatic carbocycles. The van der Waals surface area contributed by atoms with Crippen molar-refractivity contribution in [1.82, 2.24) is 4.90 Å². The van der Waals surface area contributed by atoms with E-state index >= 15 is 0 Å². The number of nitro benzene ring substituents is 1. The molecule has 0 bridgehead atoms. The van der Waals surface area contributed by atoms with Crippen LogP contribution in [0.3, 0.4) is 0 Å². The molecule has 0 spiro atoms. The van der Waals surface area contributed by atoms with Crippen molar-refractivity contribution in [1.29, 1.82) is 0 Å². The van der Waals surface area contributed by atoms with E-state index in [1.807, 2.05) is 0 Å². The predicted octanol–water partition coefficient (Wildman–Crippen LogP) is 2.48. The summed E-state index contributed by atoms with van der Waals surface area (Å²) < 4.78 is 42.4. The summed E-state index contributed by atoms with van der Waals surface area (Å²) in [4.78, 5) is 22.2. The second kappa shape index (κ2) is 5.82. The van der Waals surface area contributed by atoms with Crippen LogP contribution in [0.1, 0.15) is 17.9 Å². The lowest BCUT2D eigenvalue weighted by Crippen LogP contribution is -2.39. The lowest BCUT2D eigenvalue weighted by Gasteiger charge is -2.19. The highest BCUT2D eigenvalue weighted by Crippen LogP contribution is 2.37. The summed E-state index contributed by atoms with van der Waals surface area (Å²) in [6.07, 6.45) is -4.62. The molecule has 0 saturated carbocycles. The second-order valence-electron chi connectivity index (χ2n) is 4.92. The molecule has 2 rings (SSSR count). The SMILES string of the molecule is COc1ccc([N+](=O)[O-])cc1C1CCN(C(=O)C(F)(F)F)C1. The molecule has 0 radical (unpaired) electrons. The third-order valence-electron chi connectivity index (χ3n) is 3.58. The molecule has 120 valence electrons. The van der Waals surface area contributed by atoms with Crippen molar-refractivity contribution in [2.45, 2.75) is 18.5 Å². The zero-order valence-corrected chi connectivity index (χ0v) is 11.6. The van der Waals surface area contributed by atoms with E-state index in [4.69, 9.17) is 4.74 Å². The average Bonchev–Trinajstić information content (AvgIpc) is 2.94. The maximum atomic E-state index is 12.4. The monoisotopic (exact) mass is 318 g/mol. The summed E-state index contributed by atoms with van der Waals surface area (Å²) in [6, 6.07) is 3.95. The highest BCUT2D eigenvalue weighted by Gasteiger charge is 2.45. The number of carbonyl (C=O) groups excluding carboxylic acids is 1. The Balaban J connectivity index is 2.24. The number of alkyl halides is 3. The minimum Gasteiger partial charge on any atom is -0.496 e. The van der Waals surface area contributed by atoms with Crippen LogP contribution in [0.4, 0.5) is 18.9 Å². The van der Waals surface area contributed by atoms with Gasteiger partial charge in [0.05, 0.1) is 12.0 Å². The van der Waals surface area contributed by atoms with E-state index < -0.39 is 22.9 Å². The first-order chi connectivity index (χ1) is 10.2. The summed E-state index contributed by atoms with van der Waals surface area (Å²) >= 11 is 0. The predicted molar refractivity (Wildman–Crippen MR) is 69.6 cm³/mol. The van der Waals surface area contributed by atoms with Crippen molar-refractivity contribution in [3.05, 3.63) is 33.9 Å². The van der Waals surface area contributed by atoms with Crippen LogP contribution in [-0.4, -0.2) is 42.1 Å². The fourth-order valence-electron chi connectivity index (χ4n) is 2.53. The van der Waals surface area contributed by atoms with Gasteiger partial charge < -0.3 is 9.64 Å². The molecule has 22 heavy (non-hydrogen) atoms. The van der Waals surface area contributed by atoms with Gasteiger partial charge in [-0.25, -0.2) is 0 Å². The molecule has 1 aliphatic heterocycles. The molecular weight excluding hydrogens is 305 g/mol. The van der Waals surface area contributed by atoms with Crippen LogP contribution in [-0.2, 0) is 4.79 Å². The quantitative estimate of drug-likeness (QED) is 0.634. The van der Waals surface area contributed by atoms with Gasteiger partial charge >= 0.3 is 12.1 Å². The van der Waals surface area contributed by atoms with Crippen LogP contribution in [0, 0.1) is 10.1 Å². The highest BCUT2D eigenvalue weighted by atomic mass is 19.4. The van der Waals surface area contributed by atoms with E-state index in [9.17, 15) is 28.1 Å². The van der Waals surface area contributed by atoms with Gasteiger partial charge in [-0.2, -0.15) is 13.2 Å². The van der Waals surface area contributed by atoms with Crippen LogP contribution in [0.25, 0.3) is 0 Å². The standard InChI is InChI=1S/C13H13F3N2O4/c1-22-11-3-2-9(18(20)21)6-10(11)8-4-5-17(7-8)12(19)13(14,15)16/h2-3,6,8H,4-5,7H2,1H3. The van der Waals surface area contributed by atoms with Gasteiger partial charge in [-0.3, -0.25) is 14.9 Å². The first-order valence-electron chi connectivity index (χ1n) is 6.42. The first kappa shape index (κ1) is 16.1. The van der Waals surface area contributed by atoms with Crippen LogP contribution in [0.15, 0.2) is 18.2 Å². The highest BCUT2D eigenvalue weighted by molar-refractivity contribution is 5.82. The van der Waals surface area contributed by atoms with Crippen LogP contribution < -0.4 is 4.74 Å². The molecule has 6 nitrogen and oxygen atoms in total. The molecule has 1 atom stereocenters. The lowest BCUT2D eigenvalue weighted by atomic mass is 9.97. The van der Waals surface area contributed by atoms with E-state index in [1.165, 1.54) is 25.3 Å². The van der Waals surface area contributed by atoms with E-state index in [2.05, 4.69) is 0 Å². The van der Waals surface area contributed by atoms with Crippen molar-refractivity contribution in [2.75, 3.05) is 20.2 Å². The van der Waals surface area contributed by atoms with E-state index in [1.54, 1.807) is 0 Å². The zero-order chi connectivity index (χ0) is 16.5. The second-order valence-corrected chi connectivity index (χ2v) is 4.92. The topological polar surface area (TPSA) is 72.7 Å². The van der Waals surface area contributed by atoms with Gasteiger partial charge in [-0.05, 0) is 12.5 Å². The Labute approximate surface area is 123 Å². The fraction of sp³-hybridized carbons (Fsp3) is 0.462. The summed E-state index contributed by atoms with van der Waals surface area (Å²) in [6.45, 7) is -0.190. The fourth-order valence-corrected chi connectivity index (χ4v) is 2.53. The number of carbonyl (C=O) groups is 1.